The highest BCUT2D eigenvalue weighted by molar-refractivity contribution is 5.94. The number of carbonyl (C=O) groups excluding carboxylic acids is 1. The molecule has 0 aliphatic heterocycles. The monoisotopic (exact) mass is 286 g/mol. The molecular weight excluding hydrogens is 274 g/mol. The molecule has 0 heterocycles. The number of benzene rings is 2. The highest BCUT2D eigenvalue weighted by Crippen LogP contribution is 2.15. The van der Waals surface area contributed by atoms with Gasteiger partial charge in [-0.15, -0.1) is 0 Å². The minimum atomic E-state index is -1.20. The van der Waals surface area contributed by atoms with Gasteiger partial charge in [-0.25, -0.2) is 8.78 Å². The molecule has 0 aliphatic rings. The fourth-order valence-corrected chi connectivity index (χ4v) is 1.93. The lowest BCUT2D eigenvalue weighted by atomic mass is 10.1. The summed E-state index contributed by atoms with van der Waals surface area (Å²) >= 11 is 0. The quantitative estimate of drug-likeness (QED) is 0.810. The zero-order valence-electron chi connectivity index (χ0n) is 11.1. The molecule has 0 fully saturated rings. The minimum absolute atomic E-state index is 0.156. The van der Waals surface area contributed by atoms with Gasteiger partial charge in [0, 0.05) is 6.54 Å². The van der Waals surface area contributed by atoms with Crippen molar-refractivity contribution in [3.05, 3.63) is 71.3 Å². The maximum Gasteiger partial charge on any atom is 0.258 e. The predicted molar refractivity (Wildman–Crippen MR) is 73.2 cm³/mol. The van der Waals surface area contributed by atoms with Gasteiger partial charge >= 0.3 is 0 Å². The van der Waals surface area contributed by atoms with Gasteiger partial charge in [-0.2, -0.15) is 5.26 Å². The van der Waals surface area contributed by atoms with Crippen molar-refractivity contribution in [2.75, 3.05) is 6.54 Å². The Balaban J connectivity index is 2.28. The van der Waals surface area contributed by atoms with Crippen LogP contribution in [-0.4, -0.2) is 17.4 Å². The van der Waals surface area contributed by atoms with Gasteiger partial charge in [0.1, 0.15) is 6.54 Å². The standard InChI is InChI=1S/C16H12F2N2O/c17-14-8-4-7-13(15(14)18)16(21)20(10-9-19)11-12-5-2-1-3-6-12/h1-8H,10-11H2. The van der Waals surface area contributed by atoms with E-state index in [-0.39, 0.29) is 18.7 Å². The molecule has 0 unspecified atom stereocenters. The fraction of sp³-hybridized carbons (Fsp3) is 0.125. The third-order valence-electron chi connectivity index (χ3n) is 2.95. The van der Waals surface area contributed by atoms with Crippen LogP contribution in [0.25, 0.3) is 0 Å². The van der Waals surface area contributed by atoms with Crippen LogP contribution in [0.3, 0.4) is 0 Å². The van der Waals surface area contributed by atoms with Gasteiger partial charge in [-0.3, -0.25) is 4.79 Å². The molecule has 0 aliphatic carbocycles. The topological polar surface area (TPSA) is 44.1 Å². The van der Waals surface area contributed by atoms with Gasteiger partial charge in [-0.05, 0) is 17.7 Å². The van der Waals surface area contributed by atoms with Crippen LogP contribution in [0.15, 0.2) is 48.5 Å². The summed E-state index contributed by atoms with van der Waals surface area (Å²) in [6.07, 6.45) is 0. The molecule has 0 bridgehead atoms. The summed E-state index contributed by atoms with van der Waals surface area (Å²) in [5.74, 6) is -2.99. The Hall–Kier alpha value is -2.74. The van der Waals surface area contributed by atoms with E-state index in [0.29, 0.717) is 0 Å². The molecule has 2 rings (SSSR count). The van der Waals surface area contributed by atoms with Crippen molar-refractivity contribution in [3.8, 4) is 6.07 Å². The smallest absolute Gasteiger partial charge is 0.258 e. The third kappa shape index (κ3) is 3.42. The lowest BCUT2D eigenvalue weighted by Gasteiger charge is -2.20. The largest absolute Gasteiger partial charge is 0.321 e. The van der Waals surface area contributed by atoms with E-state index in [9.17, 15) is 13.6 Å². The molecule has 2 aromatic carbocycles. The first kappa shape index (κ1) is 14.7. The summed E-state index contributed by atoms with van der Waals surface area (Å²) in [6, 6.07) is 14.3. The number of nitriles is 1. The van der Waals surface area contributed by atoms with E-state index in [1.54, 1.807) is 24.3 Å². The highest BCUT2D eigenvalue weighted by atomic mass is 19.2. The van der Waals surface area contributed by atoms with Crippen molar-refractivity contribution in [1.82, 2.24) is 4.90 Å². The molecule has 0 radical (unpaired) electrons. The normalized spacial score (nSPS) is 9.95. The van der Waals surface area contributed by atoms with Gasteiger partial charge in [0.05, 0.1) is 11.6 Å². The van der Waals surface area contributed by atoms with Crippen LogP contribution >= 0.6 is 0 Å². The molecule has 0 N–H and O–H groups in total. The Labute approximate surface area is 121 Å². The maximum absolute atomic E-state index is 13.7. The van der Waals surface area contributed by atoms with Crippen molar-refractivity contribution in [3.63, 3.8) is 0 Å². The van der Waals surface area contributed by atoms with Gasteiger partial charge < -0.3 is 4.90 Å². The van der Waals surface area contributed by atoms with Gasteiger partial charge in [-0.1, -0.05) is 36.4 Å². The molecule has 1 amide bonds. The molecule has 0 aromatic heterocycles. The van der Waals surface area contributed by atoms with E-state index in [1.807, 2.05) is 12.1 Å². The SMILES string of the molecule is N#CCN(Cc1ccccc1)C(=O)c1cccc(F)c1F. The first-order chi connectivity index (χ1) is 10.1. The van der Waals surface area contributed by atoms with Gasteiger partial charge in [0.25, 0.3) is 5.91 Å². The van der Waals surface area contributed by atoms with Crippen molar-refractivity contribution in [2.45, 2.75) is 6.54 Å². The van der Waals surface area contributed by atoms with E-state index in [4.69, 9.17) is 5.26 Å². The van der Waals surface area contributed by atoms with Crippen molar-refractivity contribution in [2.24, 2.45) is 0 Å². The number of carbonyl (C=O) groups is 1. The summed E-state index contributed by atoms with van der Waals surface area (Å²) < 4.78 is 26.9. The molecule has 0 atom stereocenters. The Morgan fingerprint density at radius 2 is 1.81 bits per heavy atom. The summed E-state index contributed by atoms with van der Waals surface area (Å²) in [5, 5.41) is 8.82. The number of nitrogens with zero attached hydrogens (tertiary/aromatic N) is 2. The second kappa shape index (κ2) is 6.62. The van der Waals surface area contributed by atoms with E-state index in [0.717, 1.165) is 11.6 Å². The molecule has 21 heavy (non-hydrogen) atoms. The first-order valence-corrected chi connectivity index (χ1v) is 6.27. The zero-order valence-corrected chi connectivity index (χ0v) is 11.1. The number of hydrogen-bond donors (Lipinski definition) is 0. The van der Waals surface area contributed by atoms with Crippen molar-refractivity contribution in [1.29, 1.82) is 5.26 Å². The zero-order chi connectivity index (χ0) is 15.2. The molecule has 2 aromatic rings. The van der Waals surface area contributed by atoms with Crippen molar-refractivity contribution < 1.29 is 13.6 Å². The number of amides is 1. The lowest BCUT2D eigenvalue weighted by Crippen LogP contribution is -2.31. The molecule has 0 spiro atoms. The van der Waals surface area contributed by atoms with Crippen LogP contribution in [0.5, 0.6) is 0 Å². The van der Waals surface area contributed by atoms with E-state index in [1.165, 1.54) is 17.0 Å². The van der Waals surface area contributed by atoms with Crippen LogP contribution in [0.1, 0.15) is 15.9 Å². The van der Waals surface area contributed by atoms with Gasteiger partial charge in [0.15, 0.2) is 11.6 Å². The first-order valence-electron chi connectivity index (χ1n) is 6.27. The minimum Gasteiger partial charge on any atom is -0.321 e. The molecule has 0 saturated carbocycles. The third-order valence-corrected chi connectivity index (χ3v) is 2.95. The van der Waals surface area contributed by atoms with E-state index >= 15 is 0 Å². The summed E-state index contributed by atoms with van der Waals surface area (Å²) in [7, 11) is 0. The van der Waals surface area contributed by atoms with Crippen LogP contribution in [0.4, 0.5) is 8.78 Å². The Bertz CT molecular complexity index is 680. The van der Waals surface area contributed by atoms with E-state index in [2.05, 4.69) is 0 Å². The second-order valence-electron chi connectivity index (χ2n) is 4.41. The summed E-state index contributed by atoms with van der Waals surface area (Å²) in [4.78, 5) is 13.5. The lowest BCUT2D eigenvalue weighted by molar-refractivity contribution is 0.0759. The second-order valence-corrected chi connectivity index (χ2v) is 4.41. The molecular formula is C16H12F2N2O. The van der Waals surface area contributed by atoms with Crippen LogP contribution in [0, 0.1) is 23.0 Å². The average molecular weight is 286 g/mol. The van der Waals surface area contributed by atoms with E-state index < -0.39 is 17.5 Å². The van der Waals surface area contributed by atoms with Crippen LogP contribution in [0.2, 0.25) is 0 Å². The summed E-state index contributed by atoms with van der Waals surface area (Å²) in [5.41, 5.74) is 0.430. The highest BCUT2D eigenvalue weighted by Gasteiger charge is 2.21. The Morgan fingerprint density at radius 3 is 2.48 bits per heavy atom. The predicted octanol–water partition coefficient (Wildman–Crippen LogP) is 3.13. The van der Waals surface area contributed by atoms with Crippen molar-refractivity contribution >= 4 is 5.91 Å². The molecule has 3 nitrogen and oxygen atoms in total. The fourth-order valence-electron chi connectivity index (χ4n) is 1.93. The average Bonchev–Trinajstić information content (AvgIpc) is 2.50. The summed E-state index contributed by atoms with van der Waals surface area (Å²) in [6.45, 7) is -0.0487. The Kier molecular flexibility index (Phi) is 4.62. The molecule has 5 heteroatoms. The number of hydrogen-bond acceptors (Lipinski definition) is 2. The Morgan fingerprint density at radius 1 is 1.10 bits per heavy atom. The maximum atomic E-state index is 13.7. The molecule has 0 saturated heterocycles. The number of rotatable bonds is 4. The van der Waals surface area contributed by atoms with Crippen LogP contribution in [-0.2, 0) is 6.54 Å². The molecule has 106 valence electrons. The van der Waals surface area contributed by atoms with Crippen LogP contribution < -0.4 is 0 Å². The number of halogens is 2. The van der Waals surface area contributed by atoms with Gasteiger partial charge in [0.2, 0.25) is 0 Å².